The van der Waals surface area contributed by atoms with Crippen molar-refractivity contribution >= 4 is 0 Å². The monoisotopic (exact) mass is 489 g/mol. The average molecular weight is 490 g/mol. The zero-order valence-corrected chi connectivity index (χ0v) is 19.6. The Balaban J connectivity index is 0.000000159. The number of aromatic nitrogens is 6. The second-order valence-electron chi connectivity index (χ2n) is 7.42. The van der Waals surface area contributed by atoms with Crippen LogP contribution in [-0.2, 0) is 13.1 Å². The second-order valence-corrected chi connectivity index (χ2v) is 7.42. The van der Waals surface area contributed by atoms with Crippen molar-refractivity contribution < 1.29 is 4.39 Å². The van der Waals surface area contributed by atoms with E-state index in [2.05, 4.69) is 32.3 Å². The number of benzene rings is 3. The van der Waals surface area contributed by atoms with Crippen molar-refractivity contribution in [1.29, 1.82) is 15.8 Å². The molecule has 0 atom stereocenters. The SMILES string of the molecule is N#Cc1ccc(Cn2cncn2)cc1.N#Cc1ccc(Cn2cncn2)cc1.N#Cc1ccc(F)cc1. The normalized spacial score (nSPS) is 9.35. The van der Waals surface area contributed by atoms with Gasteiger partial charge in [0.2, 0.25) is 0 Å². The highest BCUT2D eigenvalue weighted by atomic mass is 19.1. The predicted molar refractivity (Wildman–Crippen MR) is 132 cm³/mol. The number of nitrogens with zero attached hydrogens (tertiary/aromatic N) is 9. The molecule has 0 N–H and O–H groups in total. The highest BCUT2D eigenvalue weighted by Crippen LogP contribution is 2.05. The molecule has 0 saturated carbocycles. The van der Waals surface area contributed by atoms with Gasteiger partial charge < -0.3 is 0 Å². The molecule has 2 aromatic heterocycles. The summed E-state index contributed by atoms with van der Waals surface area (Å²) in [7, 11) is 0. The minimum Gasteiger partial charge on any atom is -0.249 e. The molecule has 0 radical (unpaired) electrons. The molecular weight excluding hydrogens is 469 g/mol. The quantitative estimate of drug-likeness (QED) is 0.371. The van der Waals surface area contributed by atoms with E-state index in [1.807, 2.05) is 30.3 Å². The fourth-order valence-corrected chi connectivity index (χ4v) is 2.90. The molecule has 0 aliphatic heterocycles. The molecule has 5 aromatic rings. The van der Waals surface area contributed by atoms with Gasteiger partial charge in [0.1, 0.15) is 31.1 Å². The van der Waals surface area contributed by atoms with E-state index in [0.717, 1.165) is 11.1 Å². The maximum atomic E-state index is 12.1. The van der Waals surface area contributed by atoms with Crippen LogP contribution >= 0.6 is 0 Å². The molecule has 0 saturated heterocycles. The number of nitriles is 3. The molecule has 0 aliphatic carbocycles. The molecule has 37 heavy (non-hydrogen) atoms. The first kappa shape index (κ1) is 26.0. The van der Waals surface area contributed by atoms with E-state index in [9.17, 15) is 4.39 Å². The first-order chi connectivity index (χ1) is 18.1. The van der Waals surface area contributed by atoms with Crippen molar-refractivity contribution in [2.45, 2.75) is 13.1 Å². The number of hydrogen-bond donors (Lipinski definition) is 0. The summed E-state index contributed by atoms with van der Waals surface area (Å²) in [6.07, 6.45) is 6.34. The molecule has 0 spiro atoms. The lowest BCUT2D eigenvalue weighted by Crippen LogP contribution is -1.99. The van der Waals surface area contributed by atoms with Crippen LogP contribution < -0.4 is 0 Å². The van der Waals surface area contributed by atoms with Crippen molar-refractivity contribution in [1.82, 2.24) is 29.5 Å². The molecular formula is C27H20FN9. The van der Waals surface area contributed by atoms with E-state index in [1.54, 1.807) is 46.3 Å². The largest absolute Gasteiger partial charge is 0.249 e. The molecule has 0 unspecified atom stereocenters. The molecule has 9 nitrogen and oxygen atoms in total. The fourth-order valence-electron chi connectivity index (χ4n) is 2.90. The molecule has 0 aliphatic rings. The summed E-state index contributed by atoms with van der Waals surface area (Å²) in [5, 5.41) is 33.5. The van der Waals surface area contributed by atoms with E-state index >= 15 is 0 Å². The molecule has 3 aromatic carbocycles. The Hall–Kier alpha value is -5.66. The zero-order chi connectivity index (χ0) is 26.3. The van der Waals surface area contributed by atoms with Crippen LogP contribution in [0.3, 0.4) is 0 Å². The Morgan fingerprint density at radius 2 is 0.919 bits per heavy atom. The lowest BCUT2D eigenvalue weighted by atomic mass is 10.1. The van der Waals surface area contributed by atoms with Crippen LogP contribution in [0.1, 0.15) is 27.8 Å². The Bertz CT molecular complexity index is 1380. The summed E-state index contributed by atoms with van der Waals surface area (Å²) in [5.41, 5.74) is 4.04. The van der Waals surface area contributed by atoms with Gasteiger partial charge >= 0.3 is 0 Å². The fraction of sp³-hybridized carbons (Fsp3) is 0.0741. The van der Waals surface area contributed by atoms with Gasteiger partial charge in [-0.1, -0.05) is 24.3 Å². The zero-order valence-electron chi connectivity index (χ0n) is 19.6. The molecule has 180 valence electrons. The highest BCUT2D eigenvalue weighted by molar-refractivity contribution is 5.32. The molecule has 0 amide bonds. The van der Waals surface area contributed by atoms with E-state index in [-0.39, 0.29) is 5.82 Å². The maximum absolute atomic E-state index is 12.1. The Morgan fingerprint density at radius 3 is 1.22 bits per heavy atom. The van der Waals surface area contributed by atoms with Crippen molar-refractivity contribution in [2.75, 3.05) is 0 Å². The first-order valence-corrected chi connectivity index (χ1v) is 10.9. The van der Waals surface area contributed by atoms with Crippen LogP contribution in [0.25, 0.3) is 0 Å². The molecule has 5 rings (SSSR count). The van der Waals surface area contributed by atoms with E-state index in [4.69, 9.17) is 15.8 Å². The summed E-state index contributed by atoms with van der Waals surface area (Å²) in [5.74, 6) is -0.311. The Labute approximate surface area is 212 Å². The molecule has 0 fully saturated rings. The van der Waals surface area contributed by atoms with Gasteiger partial charge in [-0.3, -0.25) is 0 Å². The summed E-state index contributed by atoms with van der Waals surface area (Å²) in [6, 6.07) is 26.3. The van der Waals surface area contributed by atoms with Gasteiger partial charge in [-0.05, 0) is 59.7 Å². The van der Waals surface area contributed by atoms with Crippen molar-refractivity contribution in [3.05, 3.63) is 132 Å². The maximum Gasteiger partial charge on any atom is 0.137 e. The third-order valence-corrected chi connectivity index (χ3v) is 4.76. The van der Waals surface area contributed by atoms with Gasteiger partial charge in [0, 0.05) is 0 Å². The van der Waals surface area contributed by atoms with Gasteiger partial charge in [-0.2, -0.15) is 26.0 Å². The minimum atomic E-state index is -0.311. The summed E-state index contributed by atoms with van der Waals surface area (Å²) in [4.78, 5) is 7.70. The number of hydrogen-bond acceptors (Lipinski definition) is 7. The van der Waals surface area contributed by atoms with Gasteiger partial charge in [0.15, 0.2) is 0 Å². The van der Waals surface area contributed by atoms with E-state index < -0.39 is 0 Å². The van der Waals surface area contributed by atoms with Crippen LogP contribution in [0.15, 0.2) is 98.1 Å². The van der Waals surface area contributed by atoms with E-state index in [0.29, 0.717) is 29.8 Å². The average Bonchev–Trinajstić information content (AvgIpc) is 3.66. The van der Waals surface area contributed by atoms with E-state index in [1.165, 1.54) is 36.9 Å². The molecule has 10 heteroatoms. The smallest absolute Gasteiger partial charge is 0.137 e. The standard InChI is InChI=1S/2C10H8N4.C7H4FN/c2*11-5-9-1-3-10(4-2-9)6-14-8-12-7-13-14;8-7-3-1-6(5-9)2-4-7/h2*1-4,7-8H,6H2;1-4H. The van der Waals surface area contributed by atoms with Crippen molar-refractivity contribution in [3.8, 4) is 18.2 Å². The minimum absolute atomic E-state index is 0.311. The Kier molecular flexibility index (Phi) is 9.75. The van der Waals surface area contributed by atoms with Crippen molar-refractivity contribution in [3.63, 3.8) is 0 Å². The number of rotatable bonds is 4. The third kappa shape index (κ3) is 8.90. The Morgan fingerprint density at radius 1 is 0.568 bits per heavy atom. The second kappa shape index (κ2) is 13.9. The van der Waals surface area contributed by atoms with Gasteiger partial charge in [0.05, 0.1) is 48.0 Å². The van der Waals surface area contributed by atoms with Crippen LogP contribution in [0.2, 0.25) is 0 Å². The lowest BCUT2D eigenvalue weighted by Gasteiger charge is -2.00. The van der Waals surface area contributed by atoms with Gasteiger partial charge in [-0.25, -0.2) is 23.7 Å². The topological polar surface area (TPSA) is 133 Å². The van der Waals surface area contributed by atoms with Gasteiger partial charge in [0.25, 0.3) is 0 Å². The van der Waals surface area contributed by atoms with Crippen LogP contribution in [-0.4, -0.2) is 29.5 Å². The predicted octanol–water partition coefficient (Wildman–Crippen LogP) is 4.09. The summed E-state index contributed by atoms with van der Waals surface area (Å²) < 4.78 is 15.6. The number of halogens is 1. The highest BCUT2D eigenvalue weighted by Gasteiger charge is 1.96. The van der Waals surface area contributed by atoms with Crippen LogP contribution in [0.5, 0.6) is 0 Å². The molecule has 2 heterocycles. The van der Waals surface area contributed by atoms with Crippen molar-refractivity contribution in [2.24, 2.45) is 0 Å². The molecule has 0 bridgehead atoms. The van der Waals surface area contributed by atoms with Gasteiger partial charge in [-0.15, -0.1) is 0 Å². The van der Waals surface area contributed by atoms with Crippen LogP contribution in [0.4, 0.5) is 4.39 Å². The third-order valence-electron chi connectivity index (χ3n) is 4.76. The lowest BCUT2D eigenvalue weighted by molar-refractivity contribution is 0.627. The summed E-state index contributed by atoms with van der Waals surface area (Å²) in [6.45, 7) is 1.37. The first-order valence-electron chi connectivity index (χ1n) is 10.9. The van der Waals surface area contributed by atoms with Crippen LogP contribution in [0, 0.1) is 39.8 Å². The summed E-state index contributed by atoms with van der Waals surface area (Å²) >= 11 is 0.